The molecule has 0 radical (unpaired) electrons. The van der Waals surface area contributed by atoms with E-state index in [1.165, 1.54) is 6.07 Å². The standard InChI is InChI=1S/C15H11ClN2O/c16-13-9-14(19)18(10-11-5-2-1-3-6-11)15-12(13)7-4-8-17-15/h1-9H,10H2. The third kappa shape index (κ3) is 2.25. The van der Waals surface area contributed by atoms with E-state index in [0.29, 0.717) is 17.2 Å². The van der Waals surface area contributed by atoms with Crippen molar-refractivity contribution in [2.45, 2.75) is 6.54 Å². The number of fused-ring (bicyclic) bond motifs is 1. The van der Waals surface area contributed by atoms with Crippen LogP contribution in [0.15, 0.2) is 59.5 Å². The Balaban J connectivity index is 2.21. The Morgan fingerprint density at radius 1 is 1.11 bits per heavy atom. The fourth-order valence-corrected chi connectivity index (χ4v) is 2.33. The van der Waals surface area contributed by atoms with E-state index in [1.807, 2.05) is 42.5 Å². The van der Waals surface area contributed by atoms with Gasteiger partial charge >= 0.3 is 0 Å². The Morgan fingerprint density at radius 2 is 1.89 bits per heavy atom. The lowest BCUT2D eigenvalue weighted by molar-refractivity contribution is 0.783. The van der Waals surface area contributed by atoms with E-state index in [1.54, 1.807) is 10.8 Å². The molecule has 0 saturated carbocycles. The molecule has 0 amide bonds. The molecule has 0 spiro atoms. The second-order valence-corrected chi connectivity index (χ2v) is 4.68. The minimum Gasteiger partial charge on any atom is -0.288 e. The number of aromatic nitrogens is 2. The third-order valence-electron chi connectivity index (χ3n) is 3.00. The monoisotopic (exact) mass is 270 g/mol. The average molecular weight is 271 g/mol. The van der Waals surface area contributed by atoms with Crippen molar-refractivity contribution in [2.75, 3.05) is 0 Å². The van der Waals surface area contributed by atoms with Gasteiger partial charge in [-0.15, -0.1) is 0 Å². The molecule has 0 bridgehead atoms. The van der Waals surface area contributed by atoms with Gasteiger partial charge in [-0.25, -0.2) is 4.98 Å². The Bertz CT molecular complexity index is 781. The summed E-state index contributed by atoms with van der Waals surface area (Å²) >= 11 is 6.08. The quantitative estimate of drug-likeness (QED) is 0.717. The van der Waals surface area contributed by atoms with Crippen molar-refractivity contribution in [1.29, 1.82) is 0 Å². The average Bonchev–Trinajstić information content (AvgIpc) is 2.45. The molecule has 0 unspecified atom stereocenters. The second kappa shape index (κ2) is 4.86. The number of rotatable bonds is 2. The maximum atomic E-state index is 12.1. The third-order valence-corrected chi connectivity index (χ3v) is 3.31. The van der Waals surface area contributed by atoms with Crippen LogP contribution in [0.5, 0.6) is 0 Å². The summed E-state index contributed by atoms with van der Waals surface area (Å²) < 4.78 is 1.64. The molecule has 0 aliphatic heterocycles. The molecular weight excluding hydrogens is 260 g/mol. The zero-order chi connectivity index (χ0) is 13.2. The first-order valence-electron chi connectivity index (χ1n) is 5.94. The predicted molar refractivity (Wildman–Crippen MR) is 76.6 cm³/mol. The molecule has 94 valence electrons. The van der Waals surface area contributed by atoms with Crippen molar-refractivity contribution < 1.29 is 0 Å². The number of pyridine rings is 2. The van der Waals surface area contributed by atoms with E-state index in [9.17, 15) is 4.79 Å². The molecule has 0 aliphatic rings. The normalized spacial score (nSPS) is 10.8. The van der Waals surface area contributed by atoms with Crippen LogP contribution in [-0.2, 0) is 6.54 Å². The molecule has 19 heavy (non-hydrogen) atoms. The molecule has 0 saturated heterocycles. The summed E-state index contributed by atoms with van der Waals surface area (Å²) in [5, 5.41) is 1.23. The highest BCUT2D eigenvalue weighted by Gasteiger charge is 2.08. The largest absolute Gasteiger partial charge is 0.288 e. The van der Waals surface area contributed by atoms with E-state index >= 15 is 0 Å². The Hall–Kier alpha value is -2.13. The topological polar surface area (TPSA) is 34.9 Å². The maximum Gasteiger partial charge on any atom is 0.253 e. The van der Waals surface area contributed by atoms with Crippen LogP contribution < -0.4 is 5.56 Å². The van der Waals surface area contributed by atoms with Crippen molar-refractivity contribution >= 4 is 22.6 Å². The van der Waals surface area contributed by atoms with Crippen LogP contribution in [0.4, 0.5) is 0 Å². The first-order valence-corrected chi connectivity index (χ1v) is 6.31. The van der Waals surface area contributed by atoms with Gasteiger partial charge < -0.3 is 0 Å². The van der Waals surface area contributed by atoms with Crippen LogP contribution in [0.3, 0.4) is 0 Å². The van der Waals surface area contributed by atoms with Crippen LogP contribution in [0, 0.1) is 0 Å². The molecule has 4 heteroatoms. The minimum absolute atomic E-state index is 0.139. The smallest absolute Gasteiger partial charge is 0.253 e. The lowest BCUT2D eigenvalue weighted by Crippen LogP contribution is -2.21. The van der Waals surface area contributed by atoms with Gasteiger partial charge in [0.2, 0.25) is 0 Å². The molecule has 2 heterocycles. The summed E-state index contributed by atoms with van der Waals surface area (Å²) in [5.41, 5.74) is 1.53. The van der Waals surface area contributed by atoms with E-state index < -0.39 is 0 Å². The van der Waals surface area contributed by atoms with Crippen molar-refractivity contribution in [3.8, 4) is 0 Å². The second-order valence-electron chi connectivity index (χ2n) is 4.28. The molecule has 0 aliphatic carbocycles. The van der Waals surface area contributed by atoms with Gasteiger partial charge in [0.25, 0.3) is 5.56 Å². The number of hydrogen-bond acceptors (Lipinski definition) is 2. The Kier molecular flexibility index (Phi) is 3.05. The highest BCUT2D eigenvalue weighted by Crippen LogP contribution is 2.19. The van der Waals surface area contributed by atoms with Crippen molar-refractivity contribution in [2.24, 2.45) is 0 Å². The molecule has 0 N–H and O–H groups in total. The Labute approximate surface area is 115 Å². The van der Waals surface area contributed by atoms with Crippen LogP contribution in [0.25, 0.3) is 11.0 Å². The SMILES string of the molecule is O=c1cc(Cl)c2cccnc2n1Cc1ccccc1. The van der Waals surface area contributed by atoms with E-state index in [4.69, 9.17) is 11.6 Å². The van der Waals surface area contributed by atoms with Crippen molar-refractivity contribution in [3.63, 3.8) is 0 Å². The van der Waals surface area contributed by atoms with Gasteiger partial charge in [-0.1, -0.05) is 41.9 Å². The fraction of sp³-hybridized carbons (Fsp3) is 0.0667. The fourth-order valence-electron chi connectivity index (χ4n) is 2.09. The molecule has 3 nitrogen and oxygen atoms in total. The van der Waals surface area contributed by atoms with Gasteiger partial charge in [-0.2, -0.15) is 0 Å². The van der Waals surface area contributed by atoms with Crippen molar-refractivity contribution in [3.05, 3.63) is 75.7 Å². The summed E-state index contributed by atoms with van der Waals surface area (Å²) in [5.74, 6) is 0. The van der Waals surface area contributed by atoms with Crippen LogP contribution in [-0.4, -0.2) is 9.55 Å². The number of benzene rings is 1. The van der Waals surface area contributed by atoms with Gasteiger partial charge in [0.15, 0.2) is 0 Å². The molecule has 3 rings (SSSR count). The summed E-state index contributed by atoms with van der Waals surface area (Å²) in [6, 6.07) is 14.9. The van der Waals surface area contributed by atoms with Gasteiger partial charge in [0, 0.05) is 17.6 Å². The zero-order valence-electron chi connectivity index (χ0n) is 10.1. The maximum absolute atomic E-state index is 12.1. The molecule has 2 aromatic heterocycles. The molecule has 0 atom stereocenters. The van der Waals surface area contributed by atoms with E-state index in [2.05, 4.69) is 4.98 Å². The van der Waals surface area contributed by atoms with Gasteiger partial charge in [0.1, 0.15) is 5.65 Å². The van der Waals surface area contributed by atoms with E-state index in [-0.39, 0.29) is 5.56 Å². The van der Waals surface area contributed by atoms with Gasteiger partial charge in [-0.3, -0.25) is 9.36 Å². The highest BCUT2D eigenvalue weighted by atomic mass is 35.5. The summed E-state index contributed by atoms with van der Waals surface area (Å²) in [6.07, 6.45) is 1.67. The Morgan fingerprint density at radius 3 is 2.68 bits per heavy atom. The molecular formula is C15H11ClN2O. The predicted octanol–water partition coefficient (Wildman–Crippen LogP) is 3.10. The summed E-state index contributed by atoms with van der Waals surface area (Å²) in [6.45, 7) is 0.490. The first-order chi connectivity index (χ1) is 9.25. The summed E-state index contributed by atoms with van der Waals surface area (Å²) in [7, 11) is 0. The van der Waals surface area contributed by atoms with Gasteiger partial charge in [0.05, 0.1) is 11.6 Å². The summed E-state index contributed by atoms with van der Waals surface area (Å²) in [4.78, 5) is 16.4. The number of hydrogen-bond donors (Lipinski definition) is 0. The first kappa shape index (κ1) is 11.9. The minimum atomic E-state index is -0.139. The van der Waals surface area contributed by atoms with E-state index in [0.717, 1.165) is 10.9 Å². The lowest BCUT2D eigenvalue weighted by Gasteiger charge is -2.10. The molecule has 1 aromatic carbocycles. The van der Waals surface area contributed by atoms with Gasteiger partial charge in [-0.05, 0) is 17.7 Å². The van der Waals surface area contributed by atoms with Crippen LogP contribution in [0.1, 0.15) is 5.56 Å². The molecule has 3 aromatic rings. The van der Waals surface area contributed by atoms with Crippen LogP contribution >= 0.6 is 11.6 Å². The molecule has 0 fully saturated rings. The van der Waals surface area contributed by atoms with Crippen LogP contribution in [0.2, 0.25) is 5.02 Å². The lowest BCUT2D eigenvalue weighted by atomic mass is 10.2. The number of halogens is 1. The van der Waals surface area contributed by atoms with Crippen molar-refractivity contribution in [1.82, 2.24) is 9.55 Å². The highest BCUT2D eigenvalue weighted by molar-refractivity contribution is 6.35. The number of nitrogens with zero attached hydrogens (tertiary/aromatic N) is 2. The zero-order valence-corrected chi connectivity index (χ0v) is 10.8.